The molecular weight excluding hydrogens is 380 g/mol. The topological polar surface area (TPSA) is 80.5 Å². The second-order valence-corrected chi connectivity index (χ2v) is 7.50. The highest BCUT2D eigenvalue weighted by molar-refractivity contribution is 6.03. The van der Waals surface area contributed by atoms with E-state index in [4.69, 9.17) is 4.74 Å². The van der Waals surface area contributed by atoms with Crippen LogP contribution in [0.5, 0.6) is 0 Å². The first-order chi connectivity index (χ1) is 14.6. The third-order valence-corrected chi connectivity index (χ3v) is 5.68. The minimum Gasteiger partial charge on any atom is -0.478 e. The van der Waals surface area contributed by atoms with Crippen LogP contribution in [0.15, 0.2) is 48.7 Å². The first-order valence-corrected chi connectivity index (χ1v) is 10.0. The molecule has 3 heterocycles. The number of carboxylic acid groups (broad SMARTS) is 1. The van der Waals surface area contributed by atoms with Crippen LogP contribution in [0.1, 0.15) is 21.7 Å². The predicted molar refractivity (Wildman–Crippen MR) is 115 cm³/mol. The average Bonchev–Trinajstić information content (AvgIpc) is 3.09. The van der Waals surface area contributed by atoms with E-state index in [1.807, 2.05) is 37.3 Å². The molecule has 7 heteroatoms. The van der Waals surface area contributed by atoms with Gasteiger partial charge in [0.15, 0.2) is 0 Å². The largest absolute Gasteiger partial charge is 0.478 e. The molecule has 30 heavy (non-hydrogen) atoms. The Kier molecular flexibility index (Phi) is 4.59. The summed E-state index contributed by atoms with van der Waals surface area (Å²) in [6, 6.07) is 13.9. The van der Waals surface area contributed by atoms with Crippen LogP contribution in [0.2, 0.25) is 0 Å². The van der Waals surface area contributed by atoms with Crippen molar-refractivity contribution in [2.24, 2.45) is 0 Å². The third kappa shape index (κ3) is 3.17. The van der Waals surface area contributed by atoms with Crippen molar-refractivity contribution in [2.45, 2.75) is 13.5 Å². The van der Waals surface area contributed by atoms with Gasteiger partial charge in [-0.1, -0.05) is 24.3 Å². The Morgan fingerprint density at radius 1 is 1.13 bits per heavy atom. The molecule has 0 unspecified atom stereocenters. The lowest BCUT2D eigenvalue weighted by molar-refractivity contribution is 0.0699. The molecule has 7 nitrogen and oxygen atoms in total. The van der Waals surface area contributed by atoms with Crippen LogP contribution in [-0.2, 0) is 11.3 Å². The Labute approximate surface area is 173 Å². The maximum absolute atomic E-state index is 12.0. The third-order valence-electron chi connectivity index (χ3n) is 5.68. The first kappa shape index (κ1) is 18.6. The number of carboxylic acids is 1. The van der Waals surface area contributed by atoms with Gasteiger partial charge in [-0.15, -0.1) is 0 Å². The van der Waals surface area contributed by atoms with E-state index in [1.54, 1.807) is 12.3 Å². The number of fused-ring (bicyclic) bond motifs is 2. The van der Waals surface area contributed by atoms with Crippen molar-refractivity contribution in [1.29, 1.82) is 0 Å². The second-order valence-electron chi connectivity index (χ2n) is 7.50. The molecule has 1 saturated heterocycles. The van der Waals surface area contributed by atoms with Gasteiger partial charge in [-0.05, 0) is 30.7 Å². The fourth-order valence-electron chi connectivity index (χ4n) is 4.16. The molecule has 0 spiro atoms. The van der Waals surface area contributed by atoms with Crippen LogP contribution < -0.4 is 4.90 Å². The Bertz CT molecular complexity index is 1250. The van der Waals surface area contributed by atoms with Crippen LogP contribution >= 0.6 is 0 Å². The fourth-order valence-corrected chi connectivity index (χ4v) is 4.16. The quantitative estimate of drug-likeness (QED) is 0.563. The highest BCUT2D eigenvalue weighted by Crippen LogP contribution is 2.29. The summed E-state index contributed by atoms with van der Waals surface area (Å²) in [5.74, 6) is -0.189. The maximum atomic E-state index is 12.0. The Morgan fingerprint density at radius 2 is 1.93 bits per heavy atom. The number of aryl methyl sites for hydroxylation is 1. The second kappa shape index (κ2) is 7.42. The van der Waals surface area contributed by atoms with Gasteiger partial charge < -0.3 is 19.3 Å². The maximum Gasteiger partial charge on any atom is 0.338 e. The number of benzene rings is 2. The molecule has 1 aliphatic rings. The number of morpholine rings is 1. The number of rotatable bonds is 4. The summed E-state index contributed by atoms with van der Waals surface area (Å²) in [5, 5.41) is 10.9. The van der Waals surface area contributed by atoms with Gasteiger partial charge in [-0.25, -0.2) is 9.78 Å². The van der Waals surface area contributed by atoms with E-state index < -0.39 is 5.97 Å². The lowest BCUT2D eigenvalue weighted by Crippen LogP contribution is -2.36. The van der Waals surface area contributed by atoms with Gasteiger partial charge in [-0.2, -0.15) is 0 Å². The molecule has 2 aromatic heterocycles. The lowest BCUT2D eigenvalue weighted by Gasteiger charge is -2.29. The van der Waals surface area contributed by atoms with Crippen molar-refractivity contribution in [1.82, 2.24) is 14.5 Å². The number of ether oxygens (including phenoxy) is 1. The summed E-state index contributed by atoms with van der Waals surface area (Å²) in [6.45, 7) is 5.25. The van der Waals surface area contributed by atoms with E-state index in [-0.39, 0.29) is 5.56 Å². The zero-order valence-electron chi connectivity index (χ0n) is 16.7. The number of hydrogen-bond donors (Lipinski definition) is 1. The molecule has 0 saturated carbocycles. The van der Waals surface area contributed by atoms with Crippen molar-refractivity contribution >= 4 is 33.6 Å². The minimum absolute atomic E-state index is 0.229. The number of imidazole rings is 1. The monoisotopic (exact) mass is 402 g/mol. The van der Waals surface area contributed by atoms with Crippen LogP contribution in [0, 0.1) is 6.92 Å². The Hall–Kier alpha value is -3.45. The number of pyridine rings is 1. The van der Waals surface area contributed by atoms with E-state index in [1.165, 1.54) is 0 Å². The van der Waals surface area contributed by atoms with E-state index in [0.717, 1.165) is 46.6 Å². The van der Waals surface area contributed by atoms with Crippen molar-refractivity contribution in [3.63, 3.8) is 0 Å². The van der Waals surface area contributed by atoms with Crippen molar-refractivity contribution in [3.05, 3.63) is 65.6 Å². The van der Waals surface area contributed by atoms with E-state index in [0.29, 0.717) is 25.3 Å². The standard InChI is InChI=1S/C23H22N4O3/c1-15-25-22-19(23(28)29)12-18(26-8-10-30-11-9-26)13-20(22)27(15)14-17-5-2-4-16-6-3-7-24-21(16)17/h2-7,12-13H,8-11,14H2,1H3,(H,28,29). The van der Waals surface area contributed by atoms with Crippen LogP contribution in [0.25, 0.3) is 21.9 Å². The zero-order valence-corrected chi connectivity index (χ0v) is 16.7. The number of anilines is 1. The molecule has 1 aliphatic heterocycles. The molecule has 0 aliphatic carbocycles. The number of hydrogen-bond acceptors (Lipinski definition) is 5. The smallest absolute Gasteiger partial charge is 0.338 e. The number of nitrogens with zero attached hydrogens (tertiary/aromatic N) is 4. The highest BCUT2D eigenvalue weighted by atomic mass is 16.5. The summed E-state index contributed by atoms with van der Waals surface area (Å²) in [7, 11) is 0. The normalized spacial score (nSPS) is 14.5. The molecule has 0 amide bonds. The van der Waals surface area contributed by atoms with Gasteiger partial charge in [0.2, 0.25) is 0 Å². The van der Waals surface area contributed by atoms with Crippen molar-refractivity contribution in [3.8, 4) is 0 Å². The average molecular weight is 402 g/mol. The molecular formula is C23H22N4O3. The van der Waals surface area contributed by atoms with E-state index >= 15 is 0 Å². The highest BCUT2D eigenvalue weighted by Gasteiger charge is 2.21. The van der Waals surface area contributed by atoms with E-state index in [2.05, 4.69) is 25.5 Å². The number of aromatic nitrogens is 3. The summed E-state index contributed by atoms with van der Waals surface area (Å²) in [6.07, 6.45) is 1.80. The predicted octanol–water partition coefficient (Wildman–Crippen LogP) is 3.48. The Balaban J connectivity index is 1.67. The summed E-state index contributed by atoms with van der Waals surface area (Å²) < 4.78 is 7.53. The van der Waals surface area contributed by atoms with Crippen LogP contribution in [0.3, 0.4) is 0 Å². The molecule has 152 valence electrons. The van der Waals surface area contributed by atoms with Gasteiger partial charge in [0.25, 0.3) is 0 Å². The Morgan fingerprint density at radius 3 is 2.73 bits per heavy atom. The SMILES string of the molecule is Cc1nc2c(C(=O)O)cc(N3CCOCC3)cc2n1Cc1cccc2cccnc12. The van der Waals surface area contributed by atoms with Crippen LogP contribution in [0.4, 0.5) is 5.69 Å². The molecule has 0 atom stereocenters. The van der Waals surface area contributed by atoms with Gasteiger partial charge in [0.05, 0.1) is 36.4 Å². The summed E-state index contributed by atoms with van der Waals surface area (Å²) in [4.78, 5) is 23.3. The van der Waals surface area contributed by atoms with E-state index in [9.17, 15) is 9.90 Å². The molecule has 2 aromatic carbocycles. The van der Waals surface area contributed by atoms with Crippen molar-refractivity contribution < 1.29 is 14.6 Å². The molecule has 0 bridgehead atoms. The number of para-hydroxylation sites is 1. The van der Waals surface area contributed by atoms with Gasteiger partial charge in [-0.3, -0.25) is 4.98 Å². The molecule has 1 N–H and O–H groups in total. The first-order valence-electron chi connectivity index (χ1n) is 10.0. The zero-order chi connectivity index (χ0) is 20.7. The molecule has 0 radical (unpaired) electrons. The van der Waals surface area contributed by atoms with Gasteiger partial charge in [0.1, 0.15) is 11.3 Å². The van der Waals surface area contributed by atoms with Crippen LogP contribution in [-0.4, -0.2) is 51.9 Å². The lowest BCUT2D eigenvalue weighted by atomic mass is 10.1. The minimum atomic E-state index is -0.966. The van der Waals surface area contributed by atoms with Gasteiger partial charge in [0, 0.05) is 30.4 Å². The van der Waals surface area contributed by atoms with Gasteiger partial charge >= 0.3 is 5.97 Å². The summed E-state index contributed by atoms with van der Waals surface area (Å²) >= 11 is 0. The van der Waals surface area contributed by atoms with Crippen molar-refractivity contribution in [2.75, 3.05) is 31.2 Å². The summed E-state index contributed by atoms with van der Waals surface area (Å²) in [5.41, 5.74) is 4.48. The number of aromatic carboxylic acids is 1. The molecule has 5 rings (SSSR count). The molecule has 1 fully saturated rings. The fraction of sp³-hybridized carbons (Fsp3) is 0.261. The molecule has 4 aromatic rings. The number of carbonyl (C=O) groups is 1.